The van der Waals surface area contributed by atoms with Crippen LogP contribution in [0.1, 0.15) is 37.3 Å². The van der Waals surface area contributed by atoms with E-state index in [0.29, 0.717) is 5.92 Å². The molecule has 0 amide bonds. The van der Waals surface area contributed by atoms with Crippen molar-refractivity contribution in [3.8, 4) is 0 Å². The lowest BCUT2D eigenvalue weighted by molar-refractivity contribution is 0.0837. The summed E-state index contributed by atoms with van der Waals surface area (Å²) in [6, 6.07) is 15.5. The Kier molecular flexibility index (Phi) is 7.45. The van der Waals surface area contributed by atoms with Gasteiger partial charge in [0.2, 0.25) is 0 Å². The molecule has 5 heteroatoms. The Bertz CT molecular complexity index is 644. The van der Waals surface area contributed by atoms with Crippen molar-refractivity contribution in [2.45, 2.75) is 47.6 Å². The number of rotatable bonds is 5. The molecule has 0 aromatic heterocycles. The summed E-state index contributed by atoms with van der Waals surface area (Å²) >= 11 is 7.61. The molecule has 24 heavy (non-hydrogen) atoms. The van der Waals surface area contributed by atoms with Gasteiger partial charge >= 0.3 is 0 Å². The van der Waals surface area contributed by atoms with E-state index in [-0.39, 0.29) is 18.4 Å². The van der Waals surface area contributed by atoms with Crippen molar-refractivity contribution in [1.82, 2.24) is 0 Å². The van der Waals surface area contributed by atoms with Gasteiger partial charge in [-0.2, -0.15) is 0 Å². The van der Waals surface area contributed by atoms with Crippen LogP contribution in [0.15, 0.2) is 58.3 Å². The highest BCUT2D eigenvalue weighted by atomic mass is 35.5. The van der Waals surface area contributed by atoms with Gasteiger partial charge in [-0.3, -0.25) is 0 Å². The Balaban J connectivity index is 0.00000208. The maximum atomic E-state index is 10.6. The van der Waals surface area contributed by atoms with Gasteiger partial charge in [-0.15, -0.1) is 12.4 Å². The molecule has 0 heterocycles. The highest BCUT2D eigenvalue weighted by Gasteiger charge is 2.29. The van der Waals surface area contributed by atoms with E-state index < -0.39 is 6.10 Å². The predicted molar refractivity (Wildman–Crippen MR) is 104 cm³/mol. The SMILES string of the molecule is Cl.N[C@H](c1ccccc1Sc1ccc(Cl)cc1)[C@@H](O)C1CCCC1. The lowest BCUT2D eigenvalue weighted by Gasteiger charge is -2.26. The Labute approximate surface area is 159 Å². The van der Waals surface area contributed by atoms with Gasteiger partial charge in [-0.25, -0.2) is 0 Å². The van der Waals surface area contributed by atoms with Crippen molar-refractivity contribution in [3.05, 3.63) is 59.1 Å². The maximum Gasteiger partial charge on any atom is 0.0761 e. The molecule has 1 saturated carbocycles. The largest absolute Gasteiger partial charge is 0.391 e. The van der Waals surface area contributed by atoms with E-state index in [1.165, 1.54) is 12.8 Å². The summed E-state index contributed by atoms with van der Waals surface area (Å²) in [6.07, 6.45) is 4.11. The molecule has 2 aromatic carbocycles. The molecular formula is C19H23Cl2NOS. The molecule has 2 aromatic rings. The van der Waals surface area contributed by atoms with Crippen molar-refractivity contribution in [1.29, 1.82) is 0 Å². The smallest absolute Gasteiger partial charge is 0.0761 e. The first-order chi connectivity index (χ1) is 11.1. The molecule has 1 aliphatic rings. The number of benzene rings is 2. The van der Waals surface area contributed by atoms with Crippen molar-refractivity contribution >= 4 is 35.8 Å². The van der Waals surface area contributed by atoms with Gasteiger partial charge in [0, 0.05) is 14.8 Å². The summed E-state index contributed by atoms with van der Waals surface area (Å²) in [4.78, 5) is 2.21. The van der Waals surface area contributed by atoms with Crippen LogP contribution in [0.25, 0.3) is 0 Å². The monoisotopic (exact) mass is 383 g/mol. The van der Waals surface area contributed by atoms with Gasteiger partial charge in [0.15, 0.2) is 0 Å². The van der Waals surface area contributed by atoms with E-state index in [4.69, 9.17) is 17.3 Å². The lowest BCUT2D eigenvalue weighted by Crippen LogP contribution is -2.32. The number of halogens is 2. The number of hydrogen-bond donors (Lipinski definition) is 2. The standard InChI is InChI=1S/C19H22ClNOS.ClH/c20-14-9-11-15(12-10-14)23-17-8-4-3-7-16(17)18(21)19(22)13-5-1-2-6-13;/h3-4,7-13,18-19,22H,1-2,5-6,21H2;1H/t18-,19+;/m1./s1. The van der Waals surface area contributed by atoms with Crippen LogP contribution < -0.4 is 5.73 Å². The third-order valence-corrected chi connectivity index (χ3v) is 5.92. The molecule has 2 atom stereocenters. The van der Waals surface area contributed by atoms with E-state index >= 15 is 0 Å². The van der Waals surface area contributed by atoms with Crippen LogP contribution in [0.3, 0.4) is 0 Å². The molecule has 0 aliphatic heterocycles. The van der Waals surface area contributed by atoms with E-state index in [1.54, 1.807) is 11.8 Å². The summed E-state index contributed by atoms with van der Waals surface area (Å²) in [7, 11) is 0. The minimum Gasteiger partial charge on any atom is -0.391 e. The second-order valence-corrected chi connectivity index (χ2v) is 7.71. The Morgan fingerprint density at radius 3 is 2.33 bits per heavy atom. The van der Waals surface area contributed by atoms with E-state index in [2.05, 4.69) is 6.07 Å². The molecule has 0 unspecified atom stereocenters. The quantitative estimate of drug-likeness (QED) is 0.719. The maximum absolute atomic E-state index is 10.6. The zero-order chi connectivity index (χ0) is 16.2. The first kappa shape index (κ1) is 19.6. The number of nitrogens with two attached hydrogens (primary N) is 1. The molecule has 2 nitrogen and oxygen atoms in total. The topological polar surface area (TPSA) is 46.2 Å². The van der Waals surface area contributed by atoms with Gasteiger partial charge in [-0.05, 0) is 54.7 Å². The highest BCUT2D eigenvalue weighted by Crippen LogP contribution is 2.37. The fourth-order valence-corrected chi connectivity index (χ4v) is 4.38. The zero-order valence-electron chi connectivity index (χ0n) is 13.4. The molecule has 1 fully saturated rings. The molecule has 0 saturated heterocycles. The van der Waals surface area contributed by atoms with Crippen molar-refractivity contribution in [2.24, 2.45) is 11.7 Å². The van der Waals surface area contributed by atoms with Gasteiger partial charge in [0.25, 0.3) is 0 Å². The van der Waals surface area contributed by atoms with Gasteiger partial charge in [0.05, 0.1) is 12.1 Å². The van der Waals surface area contributed by atoms with Gasteiger partial charge in [0.1, 0.15) is 0 Å². The number of hydrogen-bond acceptors (Lipinski definition) is 3. The Morgan fingerprint density at radius 1 is 1.04 bits per heavy atom. The third kappa shape index (κ3) is 4.68. The summed E-state index contributed by atoms with van der Waals surface area (Å²) in [5.41, 5.74) is 7.43. The Hall–Kier alpha value is -0.710. The molecule has 0 bridgehead atoms. The molecule has 3 N–H and O–H groups in total. The minimum atomic E-state index is -0.468. The average Bonchev–Trinajstić information content (AvgIpc) is 3.11. The molecule has 0 spiro atoms. The van der Waals surface area contributed by atoms with Crippen molar-refractivity contribution < 1.29 is 5.11 Å². The van der Waals surface area contributed by atoms with Crippen molar-refractivity contribution in [2.75, 3.05) is 0 Å². The fraction of sp³-hybridized carbons (Fsp3) is 0.368. The zero-order valence-corrected chi connectivity index (χ0v) is 15.8. The molecule has 3 rings (SSSR count). The van der Waals surface area contributed by atoms with Crippen LogP contribution >= 0.6 is 35.8 Å². The molecular weight excluding hydrogens is 361 g/mol. The third-order valence-electron chi connectivity index (χ3n) is 4.57. The first-order valence-electron chi connectivity index (χ1n) is 8.11. The van der Waals surface area contributed by atoms with Gasteiger partial charge in [-0.1, -0.05) is 54.4 Å². The summed E-state index contributed by atoms with van der Waals surface area (Å²) in [5, 5.41) is 11.4. The van der Waals surface area contributed by atoms with Crippen molar-refractivity contribution in [3.63, 3.8) is 0 Å². The van der Waals surface area contributed by atoms with E-state index in [0.717, 1.165) is 33.2 Å². The number of aliphatic hydroxyl groups excluding tert-OH is 1. The molecule has 130 valence electrons. The fourth-order valence-electron chi connectivity index (χ4n) is 3.25. The second-order valence-electron chi connectivity index (χ2n) is 6.15. The average molecular weight is 384 g/mol. The Morgan fingerprint density at radius 2 is 1.67 bits per heavy atom. The first-order valence-corrected chi connectivity index (χ1v) is 9.30. The van der Waals surface area contributed by atoms with Crippen LogP contribution in [0.2, 0.25) is 5.02 Å². The molecule has 0 radical (unpaired) electrons. The van der Waals surface area contributed by atoms with E-state index in [9.17, 15) is 5.11 Å². The summed E-state index contributed by atoms with van der Waals surface area (Å²) in [5.74, 6) is 0.332. The summed E-state index contributed by atoms with van der Waals surface area (Å²) < 4.78 is 0. The van der Waals surface area contributed by atoms with E-state index in [1.807, 2.05) is 42.5 Å². The normalized spacial score (nSPS) is 17.3. The van der Waals surface area contributed by atoms with Crippen LogP contribution in [-0.4, -0.2) is 11.2 Å². The van der Waals surface area contributed by atoms with Gasteiger partial charge < -0.3 is 10.8 Å². The highest BCUT2D eigenvalue weighted by molar-refractivity contribution is 7.99. The predicted octanol–water partition coefficient (Wildman–Crippen LogP) is 5.46. The van der Waals surface area contributed by atoms with Crippen LogP contribution in [0, 0.1) is 5.92 Å². The lowest BCUT2D eigenvalue weighted by atomic mass is 9.91. The van der Waals surface area contributed by atoms with Crippen LogP contribution in [0.4, 0.5) is 0 Å². The molecule has 1 aliphatic carbocycles. The summed E-state index contributed by atoms with van der Waals surface area (Å²) in [6.45, 7) is 0. The van der Waals surface area contributed by atoms with Crippen LogP contribution in [0.5, 0.6) is 0 Å². The van der Waals surface area contributed by atoms with Crippen LogP contribution in [-0.2, 0) is 0 Å². The number of aliphatic hydroxyl groups is 1. The minimum absolute atomic E-state index is 0. The second kappa shape index (κ2) is 9.12.